The number of nitrogens with zero attached hydrogens (tertiary/aromatic N) is 2. The topological polar surface area (TPSA) is 58.2 Å². The molecule has 0 radical (unpaired) electrons. The van der Waals surface area contributed by atoms with Gasteiger partial charge in [-0.15, -0.1) is 0 Å². The number of aryl methyl sites for hydroxylation is 1. The maximum atomic E-state index is 12.1. The molecule has 1 aliphatic heterocycles. The summed E-state index contributed by atoms with van der Waals surface area (Å²) in [5, 5.41) is 0. The van der Waals surface area contributed by atoms with Crippen LogP contribution in [0.25, 0.3) is 0 Å². The lowest BCUT2D eigenvalue weighted by Crippen LogP contribution is -2.42. The molecule has 1 saturated heterocycles. The maximum absolute atomic E-state index is 12.1. The highest BCUT2D eigenvalue weighted by Crippen LogP contribution is 2.33. The molecule has 0 unspecified atom stereocenters. The smallest absolute Gasteiger partial charge is 0.223 e. The Morgan fingerprint density at radius 2 is 2.44 bits per heavy atom. The number of hydrogen-bond acceptors (Lipinski definition) is 3. The van der Waals surface area contributed by atoms with E-state index in [2.05, 4.69) is 9.97 Å². The molecule has 1 N–H and O–H groups in total. The fraction of sp³-hybridized carbons (Fsp3) is 0.692. The van der Waals surface area contributed by atoms with Gasteiger partial charge in [-0.1, -0.05) is 0 Å². The Morgan fingerprint density at radius 3 is 3.11 bits per heavy atom. The Balaban J connectivity index is 1.62. The summed E-state index contributed by atoms with van der Waals surface area (Å²) in [6, 6.07) is 0. The molecule has 18 heavy (non-hydrogen) atoms. The van der Waals surface area contributed by atoms with Crippen LogP contribution in [0.15, 0.2) is 6.20 Å². The monoisotopic (exact) mass is 249 g/mol. The van der Waals surface area contributed by atoms with Gasteiger partial charge in [0.05, 0.1) is 13.2 Å². The molecule has 1 aromatic rings. The predicted octanol–water partition coefficient (Wildman–Crippen LogP) is 1.42. The number of hydrogen-bond donors (Lipinski definition) is 1. The summed E-state index contributed by atoms with van der Waals surface area (Å²) in [4.78, 5) is 21.5. The fourth-order valence-electron chi connectivity index (χ4n) is 2.34. The molecule has 3 rings (SSSR count). The van der Waals surface area contributed by atoms with E-state index in [1.54, 1.807) is 6.20 Å². The highest BCUT2D eigenvalue weighted by Gasteiger charge is 2.31. The molecule has 5 heteroatoms. The number of rotatable bonds is 3. The maximum Gasteiger partial charge on any atom is 0.223 e. The minimum absolute atomic E-state index is 0.101. The number of carbonyl (C=O) groups is 1. The lowest BCUT2D eigenvalue weighted by Gasteiger charge is -2.32. The molecule has 2 fully saturated rings. The highest BCUT2D eigenvalue weighted by molar-refractivity contribution is 5.76. The summed E-state index contributed by atoms with van der Waals surface area (Å²) in [6.07, 6.45) is 4.84. The van der Waals surface area contributed by atoms with Crippen LogP contribution in [-0.4, -0.2) is 40.5 Å². The summed E-state index contributed by atoms with van der Waals surface area (Å²) in [5.41, 5.74) is 1.02. The second-order valence-corrected chi connectivity index (χ2v) is 5.30. The van der Waals surface area contributed by atoms with E-state index in [1.807, 2.05) is 11.8 Å². The fourth-order valence-corrected chi connectivity index (χ4v) is 2.34. The third-order valence-corrected chi connectivity index (χ3v) is 3.61. The van der Waals surface area contributed by atoms with E-state index in [1.165, 1.54) is 12.8 Å². The van der Waals surface area contributed by atoms with Gasteiger partial charge in [0.15, 0.2) is 0 Å². The molecular formula is C13H19N3O2. The van der Waals surface area contributed by atoms with Gasteiger partial charge in [0, 0.05) is 24.9 Å². The van der Waals surface area contributed by atoms with Gasteiger partial charge in [-0.25, -0.2) is 4.98 Å². The van der Waals surface area contributed by atoms with Crippen LogP contribution in [0.4, 0.5) is 0 Å². The van der Waals surface area contributed by atoms with Gasteiger partial charge in [0.2, 0.25) is 5.91 Å². The molecule has 0 spiro atoms. The van der Waals surface area contributed by atoms with Crippen LogP contribution >= 0.6 is 0 Å². The van der Waals surface area contributed by atoms with Crippen molar-refractivity contribution in [3.8, 4) is 0 Å². The number of carbonyl (C=O) groups excluding carboxylic acids is 1. The van der Waals surface area contributed by atoms with Crippen LogP contribution < -0.4 is 0 Å². The SMILES string of the molecule is Cc1cnc([C@@H]2CN(C(=O)CC3CC3)CCO2)[nH]1. The number of ether oxygens (including phenoxy) is 1. The zero-order valence-corrected chi connectivity index (χ0v) is 10.7. The molecule has 1 atom stereocenters. The summed E-state index contributed by atoms with van der Waals surface area (Å²) in [7, 11) is 0. The second-order valence-electron chi connectivity index (χ2n) is 5.30. The zero-order valence-electron chi connectivity index (χ0n) is 10.7. The van der Waals surface area contributed by atoms with Crippen molar-refractivity contribution >= 4 is 5.91 Å². The van der Waals surface area contributed by atoms with E-state index in [4.69, 9.17) is 4.74 Å². The number of amides is 1. The van der Waals surface area contributed by atoms with Crippen molar-refractivity contribution in [2.45, 2.75) is 32.3 Å². The summed E-state index contributed by atoms with van der Waals surface area (Å²) >= 11 is 0. The van der Waals surface area contributed by atoms with E-state index >= 15 is 0 Å². The number of aromatic nitrogens is 2. The van der Waals surface area contributed by atoms with Crippen LogP contribution in [-0.2, 0) is 9.53 Å². The van der Waals surface area contributed by atoms with Crippen molar-refractivity contribution in [3.63, 3.8) is 0 Å². The lowest BCUT2D eigenvalue weighted by atomic mass is 10.2. The average molecular weight is 249 g/mol. The van der Waals surface area contributed by atoms with Crippen LogP contribution in [0.3, 0.4) is 0 Å². The van der Waals surface area contributed by atoms with Gasteiger partial charge in [-0.2, -0.15) is 0 Å². The minimum atomic E-state index is -0.101. The van der Waals surface area contributed by atoms with Crippen molar-refractivity contribution in [3.05, 3.63) is 17.7 Å². The van der Waals surface area contributed by atoms with E-state index in [0.717, 1.165) is 11.5 Å². The van der Waals surface area contributed by atoms with Crippen molar-refractivity contribution in [2.24, 2.45) is 5.92 Å². The van der Waals surface area contributed by atoms with Crippen LogP contribution in [0, 0.1) is 12.8 Å². The molecule has 1 amide bonds. The molecule has 1 aromatic heterocycles. The summed E-state index contributed by atoms with van der Waals surface area (Å²) in [6.45, 7) is 3.90. The molecule has 0 aromatic carbocycles. The first-order chi connectivity index (χ1) is 8.72. The standard InChI is InChI=1S/C13H19N3O2/c1-9-7-14-13(15-9)11-8-16(4-5-18-11)12(17)6-10-2-3-10/h7,10-11H,2-6,8H2,1H3,(H,14,15)/t11-/m0/s1. The van der Waals surface area contributed by atoms with Crippen LogP contribution in [0.1, 0.15) is 36.9 Å². The van der Waals surface area contributed by atoms with Gasteiger partial charge in [-0.3, -0.25) is 4.79 Å². The van der Waals surface area contributed by atoms with E-state index in [0.29, 0.717) is 32.0 Å². The van der Waals surface area contributed by atoms with Gasteiger partial charge in [-0.05, 0) is 25.7 Å². The number of morpholine rings is 1. The zero-order chi connectivity index (χ0) is 12.5. The van der Waals surface area contributed by atoms with Crippen molar-refractivity contribution in [1.29, 1.82) is 0 Å². The molecule has 98 valence electrons. The van der Waals surface area contributed by atoms with Crippen molar-refractivity contribution in [2.75, 3.05) is 19.7 Å². The van der Waals surface area contributed by atoms with Crippen molar-refractivity contribution < 1.29 is 9.53 Å². The highest BCUT2D eigenvalue weighted by atomic mass is 16.5. The number of imidazole rings is 1. The Labute approximate surface area is 107 Å². The van der Waals surface area contributed by atoms with Gasteiger partial charge >= 0.3 is 0 Å². The third-order valence-electron chi connectivity index (χ3n) is 3.61. The lowest BCUT2D eigenvalue weighted by molar-refractivity contribution is -0.139. The first-order valence-corrected chi connectivity index (χ1v) is 6.63. The van der Waals surface area contributed by atoms with Crippen LogP contribution in [0.2, 0.25) is 0 Å². The molecular weight excluding hydrogens is 230 g/mol. The summed E-state index contributed by atoms with van der Waals surface area (Å²) < 4.78 is 5.69. The molecule has 5 nitrogen and oxygen atoms in total. The van der Waals surface area contributed by atoms with Crippen LogP contribution in [0.5, 0.6) is 0 Å². The van der Waals surface area contributed by atoms with Gasteiger partial charge in [0.25, 0.3) is 0 Å². The van der Waals surface area contributed by atoms with Gasteiger partial charge in [0.1, 0.15) is 11.9 Å². The Hall–Kier alpha value is -1.36. The predicted molar refractivity (Wildman–Crippen MR) is 65.9 cm³/mol. The number of aromatic amines is 1. The number of nitrogens with one attached hydrogen (secondary N) is 1. The first kappa shape index (κ1) is 11.7. The van der Waals surface area contributed by atoms with Gasteiger partial charge < -0.3 is 14.6 Å². The van der Waals surface area contributed by atoms with E-state index in [-0.39, 0.29) is 12.0 Å². The third kappa shape index (κ3) is 2.56. The molecule has 1 aliphatic carbocycles. The quantitative estimate of drug-likeness (QED) is 0.881. The largest absolute Gasteiger partial charge is 0.367 e. The van der Waals surface area contributed by atoms with Crippen molar-refractivity contribution in [1.82, 2.24) is 14.9 Å². The first-order valence-electron chi connectivity index (χ1n) is 6.63. The Kier molecular flexibility index (Phi) is 3.07. The summed E-state index contributed by atoms with van der Waals surface area (Å²) in [5.74, 6) is 1.75. The Bertz CT molecular complexity index is 439. The minimum Gasteiger partial charge on any atom is -0.367 e. The molecule has 0 bridgehead atoms. The molecule has 2 aliphatic rings. The molecule has 2 heterocycles. The Morgan fingerprint density at radius 1 is 1.61 bits per heavy atom. The van der Waals surface area contributed by atoms with E-state index in [9.17, 15) is 4.79 Å². The molecule has 1 saturated carbocycles. The number of H-pyrrole nitrogens is 1. The second kappa shape index (κ2) is 4.72. The normalized spacial score (nSPS) is 24.3. The average Bonchev–Trinajstić information content (AvgIpc) is 3.08. The van der Waals surface area contributed by atoms with E-state index < -0.39 is 0 Å².